The molecular formula is C23H27N5O3. The Morgan fingerprint density at radius 2 is 1.68 bits per heavy atom. The summed E-state index contributed by atoms with van der Waals surface area (Å²) in [6, 6.07) is 17.1. The number of hydrogen-bond acceptors (Lipinski definition) is 5. The largest absolute Gasteiger partial charge is 0.495 e. The molecule has 162 valence electrons. The van der Waals surface area contributed by atoms with Gasteiger partial charge in [-0.15, -0.1) is 0 Å². The fourth-order valence-corrected chi connectivity index (χ4v) is 4.03. The fraction of sp³-hybridized carbons (Fsp3) is 0.304. The zero-order valence-electron chi connectivity index (χ0n) is 17.7. The number of carbonyl (C=O) groups is 1. The maximum atomic E-state index is 12.8. The number of nitrogens with zero attached hydrogens (tertiary/aromatic N) is 2. The predicted octanol–water partition coefficient (Wildman–Crippen LogP) is 2.85. The van der Waals surface area contributed by atoms with E-state index in [0.717, 1.165) is 37.6 Å². The van der Waals surface area contributed by atoms with Crippen LogP contribution in [0.25, 0.3) is 0 Å². The van der Waals surface area contributed by atoms with Crippen LogP contribution in [0.4, 0.5) is 11.4 Å². The highest BCUT2D eigenvalue weighted by Crippen LogP contribution is 2.30. The van der Waals surface area contributed by atoms with Gasteiger partial charge in [0.1, 0.15) is 11.4 Å². The predicted molar refractivity (Wildman–Crippen MR) is 121 cm³/mol. The second-order valence-corrected chi connectivity index (χ2v) is 7.56. The van der Waals surface area contributed by atoms with Gasteiger partial charge in [-0.05, 0) is 31.2 Å². The van der Waals surface area contributed by atoms with Gasteiger partial charge in [0, 0.05) is 37.9 Å². The molecule has 3 aromatic rings. The Hall–Kier alpha value is -3.52. The van der Waals surface area contributed by atoms with Gasteiger partial charge in [0.05, 0.1) is 18.5 Å². The third-order valence-corrected chi connectivity index (χ3v) is 5.72. The van der Waals surface area contributed by atoms with E-state index in [9.17, 15) is 9.59 Å². The quantitative estimate of drug-likeness (QED) is 0.569. The van der Waals surface area contributed by atoms with Crippen molar-refractivity contribution in [2.75, 3.05) is 43.5 Å². The van der Waals surface area contributed by atoms with Crippen molar-refractivity contribution in [1.82, 2.24) is 14.9 Å². The molecule has 4 rings (SSSR count). The maximum Gasteiger partial charge on any atom is 0.323 e. The highest BCUT2D eigenvalue weighted by atomic mass is 16.5. The van der Waals surface area contributed by atoms with Gasteiger partial charge in [-0.25, -0.2) is 4.79 Å². The van der Waals surface area contributed by atoms with Crippen LogP contribution in [-0.2, 0) is 0 Å². The SMILES string of the molecule is COc1ccccc1N1CCN(C(C)c2[nH]c(=O)[nH]c2C(=O)Nc2ccccc2)CC1. The van der Waals surface area contributed by atoms with E-state index >= 15 is 0 Å². The number of imidazole rings is 1. The lowest BCUT2D eigenvalue weighted by atomic mass is 10.1. The van der Waals surface area contributed by atoms with Crippen LogP contribution in [0.1, 0.15) is 29.1 Å². The van der Waals surface area contributed by atoms with E-state index < -0.39 is 0 Å². The van der Waals surface area contributed by atoms with Crippen LogP contribution in [0, 0.1) is 0 Å². The molecule has 1 aliphatic heterocycles. The highest BCUT2D eigenvalue weighted by molar-refractivity contribution is 6.03. The second kappa shape index (κ2) is 9.09. The molecule has 8 nitrogen and oxygen atoms in total. The van der Waals surface area contributed by atoms with Gasteiger partial charge < -0.3 is 24.9 Å². The standard InChI is InChI=1S/C23H27N5O3/c1-16(27-12-14-28(15-13-27)18-10-6-7-11-19(18)31-2)20-21(26-23(30)25-20)22(29)24-17-8-4-3-5-9-17/h3-11,16H,12-15H2,1-2H3,(H,24,29)(H2,25,26,30). The Bertz CT molecular complexity index is 1080. The number of methoxy groups -OCH3 is 1. The van der Waals surface area contributed by atoms with Gasteiger partial charge in [0.15, 0.2) is 0 Å². The lowest BCUT2D eigenvalue weighted by molar-refractivity contribution is 0.101. The summed E-state index contributed by atoms with van der Waals surface area (Å²) in [6.45, 7) is 5.26. The molecule has 0 radical (unpaired) electrons. The van der Waals surface area contributed by atoms with Crippen molar-refractivity contribution in [2.24, 2.45) is 0 Å². The van der Waals surface area contributed by atoms with Gasteiger partial charge in [-0.3, -0.25) is 9.69 Å². The van der Waals surface area contributed by atoms with E-state index in [2.05, 4.69) is 31.2 Å². The van der Waals surface area contributed by atoms with Crippen LogP contribution in [0.5, 0.6) is 5.75 Å². The number of benzene rings is 2. The minimum atomic E-state index is -0.382. The molecule has 1 fully saturated rings. The average Bonchev–Trinajstić information content (AvgIpc) is 3.21. The molecular weight excluding hydrogens is 394 g/mol. The summed E-state index contributed by atoms with van der Waals surface area (Å²) >= 11 is 0. The average molecular weight is 422 g/mol. The minimum absolute atomic E-state index is 0.115. The summed E-state index contributed by atoms with van der Waals surface area (Å²) in [5.41, 5.74) is 2.25. The summed E-state index contributed by atoms with van der Waals surface area (Å²) in [6.07, 6.45) is 0. The first-order valence-electron chi connectivity index (χ1n) is 10.4. The molecule has 0 spiro atoms. The van der Waals surface area contributed by atoms with Crippen molar-refractivity contribution in [3.8, 4) is 5.75 Å². The minimum Gasteiger partial charge on any atom is -0.495 e. The molecule has 3 N–H and O–H groups in total. The van der Waals surface area contributed by atoms with Crippen molar-refractivity contribution in [1.29, 1.82) is 0 Å². The van der Waals surface area contributed by atoms with Crippen LogP contribution in [0.2, 0.25) is 0 Å². The molecule has 0 aliphatic carbocycles. The molecule has 1 unspecified atom stereocenters. The zero-order chi connectivity index (χ0) is 21.8. The van der Waals surface area contributed by atoms with Crippen LogP contribution >= 0.6 is 0 Å². The number of ether oxygens (including phenoxy) is 1. The number of anilines is 2. The number of H-pyrrole nitrogens is 2. The van der Waals surface area contributed by atoms with E-state index in [4.69, 9.17) is 4.74 Å². The Labute approximate surface area is 180 Å². The fourth-order valence-electron chi connectivity index (χ4n) is 4.03. The molecule has 0 bridgehead atoms. The molecule has 2 heterocycles. The molecule has 1 saturated heterocycles. The van der Waals surface area contributed by atoms with Crippen molar-refractivity contribution >= 4 is 17.3 Å². The number of aromatic amines is 2. The van der Waals surface area contributed by atoms with Gasteiger partial charge in [-0.2, -0.15) is 0 Å². The Balaban J connectivity index is 1.46. The third kappa shape index (κ3) is 4.49. The Kier molecular flexibility index (Phi) is 6.08. The van der Waals surface area contributed by atoms with Gasteiger partial charge in [0.2, 0.25) is 0 Å². The number of hydrogen-bond donors (Lipinski definition) is 3. The molecule has 8 heteroatoms. The van der Waals surface area contributed by atoms with E-state index in [1.165, 1.54) is 0 Å². The zero-order valence-corrected chi connectivity index (χ0v) is 17.7. The third-order valence-electron chi connectivity index (χ3n) is 5.72. The molecule has 1 aliphatic rings. The number of rotatable bonds is 6. The number of amides is 1. The summed E-state index contributed by atoms with van der Waals surface area (Å²) in [4.78, 5) is 34.9. The van der Waals surface area contributed by atoms with Crippen LogP contribution in [-0.4, -0.2) is 54.1 Å². The van der Waals surface area contributed by atoms with Crippen LogP contribution in [0.15, 0.2) is 59.4 Å². The normalized spacial score (nSPS) is 15.5. The summed E-state index contributed by atoms with van der Waals surface area (Å²) in [5.74, 6) is 0.526. The van der Waals surface area contributed by atoms with E-state index in [0.29, 0.717) is 11.4 Å². The van der Waals surface area contributed by atoms with Gasteiger partial charge in [-0.1, -0.05) is 30.3 Å². The molecule has 1 aromatic heterocycles. The number of piperazine rings is 1. The molecule has 1 atom stereocenters. The Morgan fingerprint density at radius 3 is 2.39 bits per heavy atom. The smallest absolute Gasteiger partial charge is 0.323 e. The van der Waals surface area contributed by atoms with E-state index in [-0.39, 0.29) is 23.3 Å². The topological polar surface area (TPSA) is 93.5 Å². The number of para-hydroxylation sites is 3. The summed E-state index contributed by atoms with van der Waals surface area (Å²) in [7, 11) is 1.68. The lowest BCUT2D eigenvalue weighted by Gasteiger charge is -2.39. The molecule has 0 saturated carbocycles. The van der Waals surface area contributed by atoms with Crippen molar-refractivity contribution < 1.29 is 9.53 Å². The molecule has 31 heavy (non-hydrogen) atoms. The first kappa shape index (κ1) is 20.7. The Morgan fingerprint density at radius 1 is 1.00 bits per heavy atom. The monoisotopic (exact) mass is 421 g/mol. The summed E-state index contributed by atoms with van der Waals surface area (Å²) < 4.78 is 5.49. The maximum absolute atomic E-state index is 12.8. The summed E-state index contributed by atoms with van der Waals surface area (Å²) in [5, 5.41) is 2.84. The van der Waals surface area contributed by atoms with Crippen molar-refractivity contribution in [3.63, 3.8) is 0 Å². The highest BCUT2D eigenvalue weighted by Gasteiger charge is 2.28. The lowest BCUT2D eigenvalue weighted by Crippen LogP contribution is -2.47. The second-order valence-electron chi connectivity index (χ2n) is 7.56. The first-order valence-corrected chi connectivity index (χ1v) is 10.4. The number of aromatic nitrogens is 2. The van der Waals surface area contributed by atoms with Gasteiger partial charge >= 0.3 is 5.69 Å². The van der Waals surface area contributed by atoms with E-state index in [1.54, 1.807) is 7.11 Å². The molecule has 1 amide bonds. The van der Waals surface area contributed by atoms with Crippen molar-refractivity contribution in [3.05, 3.63) is 76.5 Å². The van der Waals surface area contributed by atoms with E-state index in [1.807, 2.05) is 55.5 Å². The van der Waals surface area contributed by atoms with Crippen LogP contribution in [0.3, 0.4) is 0 Å². The first-order chi connectivity index (χ1) is 15.1. The molecule has 2 aromatic carbocycles. The van der Waals surface area contributed by atoms with Gasteiger partial charge in [0.25, 0.3) is 5.91 Å². The number of nitrogens with one attached hydrogen (secondary N) is 3. The number of carbonyl (C=O) groups excluding carboxylic acids is 1. The van der Waals surface area contributed by atoms with Crippen molar-refractivity contribution in [2.45, 2.75) is 13.0 Å². The van der Waals surface area contributed by atoms with Crippen LogP contribution < -0.4 is 20.6 Å².